The molecule has 0 unspecified atom stereocenters. The number of non-ortho nitro benzene ring substituents is 1. The lowest BCUT2D eigenvalue weighted by Crippen LogP contribution is -2.02. The van der Waals surface area contributed by atoms with E-state index in [1.54, 1.807) is 0 Å². The van der Waals surface area contributed by atoms with E-state index in [0.717, 1.165) is 6.07 Å². The van der Waals surface area contributed by atoms with Gasteiger partial charge in [0.2, 0.25) is 0 Å². The van der Waals surface area contributed by atoms with Crippen LogP contribution in [0, 0.1) is 15.9 Å². The van der Waals surface area contributed by atoms with Crippen molar-refractivity contribution >= 4 is 17.2 Å². The molecule has 0 bridgehead atoms. The molecule has 0 atom stereocenters. The number of hydrogen-bond acceptors (Lipinski definition) is 5. The van der Waals surface area contributed by atoms with Crippen LogP contribution in [-0.4, -0.2) is 15.1 Å². The highest BCUT2D eigenvalue weighted by Crippen LogP contribution is 2.21. The average molecular weight is 251 g/mol. The minimum Gasteiger partial charge on any atom is -0.384 e. The predicted octanol–water partition coefficient (Wildman–Crippen LogP) is 1.65. The zero-order valence-corrected chi connectivity index (χ0v) is 9.18. The highest BCUT2D eigenvalue weighted by atomic mass is 19.1. The number of H-pyrrole nitrogens is 1. The molecule has 1 heterocycles. The number of benzene rings is 1. The molecule has 1 aromatic carbocycles. The van der Waals surface area contributed by atoms with Gasteiger partial charge < -0.3 is 11.1 Å². The van der Waals surface area contributed by atoms with Gasteiger partial charge in [0, 0.05) is 23.9 Å². The largest absolute Gasteiger partial charge is 0.384 e. The minimum atomic E-state index is -0.674. The highest BCUT2D eigenvalue weighted by Gasteiger charge is 2.10. The third-order valence-electron chi connectivity index (χ3n) is 2.33. The van der Waals surface area contributed by atoms with Gasteiger partial charge in [-0.1, -0.05) is 0 Å². The molecule has 7 nitrogen and oxygen atoms in total. The number of nitro benzene ring substituents is 1. The first-order valence-electron chi connectivity index (χ1n) is 5.03. The number of nitrogens with two attached hydrogens (primary N) is 1. The summed E-state index contributed by atoms with van der Waals surface area (Å²) < 4.78 is 13.1. The Morgan fingerprint density at radius 2 is 2.28 bits per heavy atom. The summed E-state index contributed by atoms with van der Waals surface area (Å²) in [6, 6.07) is 3.28. The number of aromatic nitrogens is 2. The summed E-state index contributed by atoms with van der Waals surface area (Å²) >= 11 is 0. The van der Waals surface area contributed by atoms with Crippen molar-refractivity contribution in [2.24, 2.45) is 0 Å². The lowest BCUT2D eigenvalue weighted by molar-refractivity contribution is -0.385. The summed E-state index contributed by atoms with van der Waals surface area (Å²) in [5, 5.41) is 19.7. The SMILES string of the molecule is Nc1[nH]ncc1CNc1cc(F)cc([N+](=O)[O-])c1. The summed E-state index contributed by atoms with van der Waals surface area (Å²) in [4.78, 5) is 9.92. The second-order valence-electron chi connectivity index (χ2n) is 3.62. The monoisotopic (exact) mass is 251 g/mol. The van der Waals surface area contributed by atoms with Crippen LogP contribution in [-0.2, 0) is 6.54 Å². The van der Waals surface area contributed by atoms with Crippen LogP contribution in [0.15, 0.2) is 24.4 Å². The number of nitrogens with one attached hydrogen (secondary N) is 2. The Kier molecular flexibility index (Phi) is 3.09. The number of halogens is 1. The van der Waals surface area contributed by atoms with Gasteiger partial charge in [0.25, 0.3) is 5.69 Å². The number of rotatable bonds is 4. The Bertz CT molecular complexity index is 583. The van der Waals surface area contributed by atoms with E-state index in [0.29, 0.717) is 23.6 Å². The number of anilines is 2. The van der Waals surface area contributed by atoms with Crippen molar-refractivity contribution in [3.8, 4) is 0 Å². The van der Waals surface area contributed by atoms with Gasteiger partial charge in [0.15, 0.2) is 0 Å². The smallest absolute Gasteiger partial charge is 0.274 e. The number of nitro groups is 1. The van der Waals surface area contributed by atoms with Gasteiger partial charge in [-0.15, -0.1) is 0 Å². The molecule has 8 heteroatoms. The van der Waals surface area contributed by atoms with Crippen LogP contribution in [0.2, 0.25) is 0 Å². The Labute approximate surface area is 101 Å². The van der Waals surface area contributed by atoms with Crippen molar-refractivity contribution in [3.63, 3.8) is 0 Å². The molecule has 2 rings (SSSR count). The van der Waals surface area contributed by atoms with Gasteiger partial charge in [-0.25, -0.2) is 4.39 Å². The molecule has 4 N–H and O–H groups in total. The minimum absolute atomic E-state index is 0.295. The van der Waals surface area contributed by atoms with Crippen LogP contribution in [0.25, 0.3) is 0 Å². The average Bonchev–Trinajstić information content (AvgIpc) is 2.71. The van der Waals surface area contributed by atoms with Crippen molar-refractivity contribution in [1.29, 1.82) is 0 Å². The Morgan fingerprint density at radius 1 is 1.50 bits per heavy atom. The molecule has 0 radical (unpaired) electrons. The van der Waals surface area contributed by atoms with E-state index >= 15 is 0 Å². The van der Waals surface area contributed by atoms with E-state index in [-0.39, 0.29) is 5.69 Å². The van der Waals surface area contributed by atoms with Crippen LogP contribution < -0.4 is 11.1 Å². The third-order valence-corrected chi connectivity index (χ3v) is 2.33. The maximum absolute atomic E-state index is 13.1. The molecular formula is C10H10FN5O2. The first kappa shape index (κ1) is 11.8. The van der Waals surface area contributed by atoms with Crippen LogP contribution in [0.1, 0.15) is 5.56 Å². The van der Waals surface area contributed by atoms with E-state index in [4.69, 9.17) is 5.73 Å². The standard InChI is InChI=1S/C10H10FN5O2/c11-7-1-8(3-9(2-7)16(17)18)13-4-6-5-14-15-10(6)12/h1-3,5,13H,4H2,(H3,12,14,15). The van der Waals surface area contributed by atoms with E-state index in [2.05, 4.69) is 15.5 Å². The van der Waals surface area contributed by atoms with Gasteiger partial charge in [-0.05, 0) is 6.07 Å². The Balaban J connectivity index is 2.14. The molecule has 0 aliphatic heterocycles. The van der Waals surface area contributed by atoms with Gasteiger partial charge in [-0.2, -0.15) is 5.10 Å². The molecule has 1 aromatic heterocycles. The first-order valence-corrected chi connectivity index (χ1v) is 5.03. The second-order valence-corrected chi connectivity index (χ2v) is 3.62. The van der Waals surface area contributed by atoms with Crippen LogP contribution >= 0.6 is 0 Å². The van der Waals surface area contributed by atoms with Crippen LogP contribution in [0.3, 0.4) is 0 Å². The third kappa shape index (κ3) is 2.54. The van der Waals surface area contributed by atoms with Crippen molar-refractivity contribution in [1.82, 2.24) is 10.2 Å². The fourth-order valence-corrected chi connectivity index (χ4v) is 1.44. The zero-order valence-electron chi connectivity index (χ0n) is 9.18. The van der Waals surface area contributed by atoms with Crippen molar-refractivity contribution < 1.29 is 9.31 Å². The number of nitrogens with zero attached hydrogens (tertiary/aromatic N) is 2. The summed E-state index contributed by atoms with van der Waals surface area (Å²) in [6.45, 7) is 0.295. The van der Waals surface area contributed by atoms with Gasteiger partial charge in [-0.3, -0.25) is 15.2 Å². The maximum atomic E-state index is 13.1. The molecular weight excluding hydrogens is 241 g/mol. The van der Waals surface area contributed by atoms with E-state index in [9.17, 15) is 14.5 Å². The van der Waals surface area contributed by atoms with Crippen molar-refractivity contribution in [2.75, 3.05) is 11.1 Å². The van der Waals surface area contributed by atoms with Crippen LogP contribution in [0.4, 0.5) is 21.6 Å². The van der Waals surface area contributed by atoms with E-state index in [1.807, 2.05) is 0 Å². The Morgan fingerprint density at radius 3 is 2.89 bits per heavy atom. The van der Waals surface area contributed by atoms with Gasteiger partial charge >= 0.3 is 0 Å². The fraction of sp³-hybridized carbons (Fsp3) is 0.100. The maximum Gasteiger partial charge on any atom is 0.274 e. The lowest BCUT2D eigenvalue weighted by Gasteiger charge is -2.05. The molecule has 0 aliphatic carbocycles. The second kappa shape index (κ2) is 4.70. The normalized spacial score (nSPS) is 10.3. The highest BCUT2D eigenvalue weighted by molar-refractivity contribution is 5.52. The van der Waals surface area contributed by atoms with Crippen LogP contribution in [0.5, 0.6) is 0 Å². The van der Waals surface area contributed by atoms with E-state index < -0.39 is 10.7 Å². The molecule has 0 amide bonds. The summed E-state index contributed by atoms with van der Waals surface area (Å²) in [5.41, 5.74) is 6.27. The molecule has 0 saturated carbocycles. The molecule has 0 saturated heterocycles. The lowest BCUT2D eigenvalue weighted by atomic mass is 10.2. The molecule has 0 spiro atoms. The van der Waals surface area contributed by atoms with E-state index in [1.165, 1.54) is 18.3 Å². The van der Waals surface area contributed by atoms with Gasteiger partial charge in [0.05, 0.1) is 17.2 Å². The van der Waals surface area contributed by atoms with Crippen molar-refractivity contribution in [3.05, 3.63) is 45.9 Å². The summed E-state index contributed by atoms with van der Waals surface area (Å²) in [5.74, 6) is -0.278. The fourth-order valence-electron chi connectivity index (χ4n) is 1.44. The quantitative estimate of drug-likeness (QED) is 0.565. The molecule has 18 heavy (non-hydrogen) atoms. The van der Waals surface area contributed by atoms with Gasteiger partial charge in [0.1, 0.15) is 11.6 Å². The topological polar surface area (TPSA) is 110 Å². The molecule has 0 aliphatic rings. The number of aromatic amines is 1. The summed E-state index contributed by atoms with van der Waals surface area (Å²) in [6.07, 6.45) is 1.52. The predicted molar refractivity (Wildman–Crippen MR) is 63.4 cm³/mol. The molecule has 94 valence electrons. The van der Waals surface area contributed by atoms with Crippen molar-refractivity contribution in [2.45, 2.75) is 6.54 Å². The Hall–Kier alpha value is -2.64. The first-order chi connectivity index (χ1) is 8.56. The number of nitrogen functional groups attached to an aromatic ring is 1. The number of hydrogen-bond donors (Lipinski definition) is 3. The zero-order chi connectivity index (χ0) is 13.1. The molecule has 2 aromatic rings. The summed E-state index contributed by atoms with van der Waals surface area (Å²) in [7, 11) is 0. The molecule has 0 fully saturated rings.